The monoisotopic (exact) mass is 283 g/mol. The molecule has 0 aliphatic heterocycles. The molecule has 0 amide bonds. The summed E-state index contributed by atoms with van der Waals surface area (Å²) in [5.41, 5.74) is 5.08. The van der Waals surface area contributed by atoms with Crippen molar-refractivity contribution in [3.8, 4) is 0 Å². The Morgan fingerprint density at radius 2 is 1.90 bits per heavy atom. The molecular formula is C16H17N3S. The third kappa shape index (κ3) is 2.10. The van der Waals surface area contributed by atoms with E-state index in [0.29, 0.717) is 0 Å². The zero-order valence-electron chi connectivity index (χ0n) is 11.9. The van der Waals surface area contributed by atoms with Gasteiger partial charge in [0.2, 0.25) is 0 Å². The Balaban J connectivity index is 2.21. The van der Waals surface area contributed by atoms with Crippen LogP contribution in [0.15, 0.2) is 41.6 Å². The van der Waals surface area contributed by atoms with Crippen molar-refractivity contribution in [2.45, 2.75) is 25.4 Å². The molecule has 0 N–H and O–H groups in total. The van der Waals surface area contributed by atoms with Crippen molar-refractivity contribution < 1.29 is 0 Å². The van der Waals surface area contributed by atoms with Crippen molar-refractivity contribution in [3.05, 3.63) is 53.3 Å². The van der Waals surface area contributed by atoms with Crippen LogP contribution in [0.5, 0.6) is 0 Å². The minimum Gasteiger partial charge on any atom is -0.338 e. The summed E-state index contributed by atoms with van der Waals surface area (Å²) < 4.78 is 2.35. The molecule has 0 spiro atoms. The van der Waals surface area contributed by atoms with E-state index in [1.54, 1.807) is 11.8 Å². The Hall–Kier alpha value is -1.81. The van der Waals surface area contributed by atoms with E-state index in [1.807, 2.05) is 18.5 Å². The standard InChI is InChI=1S/C16H17N3S/c1-11-12(2)19(10-13-7-5-4-6-8-13)15-14(11)9-17-18-16(15)20-3/h4-9H,10H2,1-3H3. The fourth-order valence-electron chi connectivity index (χ4n) is 2.56. The van der Waals surface area contributed by atoms with Gasteiger partial charge in [-0.3, -0.25) is 0 Å². The number of rotatable bonds is 3. The van der Waals surface area contributed by atoms with Crippen molar-refractivity contribution >= 4 is 22.7 Å². The summed E-state index contributed by atoms with van der Waals surface area (Å²) >= 11 is 1.65. The number of fused-ring (bicyclic) bond motifs is 1. The minimum absolute atomic E-state index is 0.871. The highest BCUT2D eigenvalue weighted by Crippen LogP contribution is 2.30. The maximum atomic E-state index is 4.27. The van der Waals surface area contributed by atoms with E-state index >= 15 is 0 Å². The quantitative estimate of drug-likeness (QED) is 0.685. The third-order valence-corrected chi connectivity index (χ3v) is 4.45. The molecule has 3 nitrogen and oxygen atoms in total. The molecule has 1 aromatic carbocycles. The van der Waals surface area contributed by atoms with E-state index < -0.39 is 0 Å². The normalized spacial score (nSPS) is 11.2. The van der Waals surface area contributed by atoms with E-state index in [9.17, 15) is 0 Å². The average Bonchev–Trinajstić information content (AvgIpc) is 2.74. The first-order chi connectivity index (χ1) is 9.72. The van der Waals surface area contributed by atoms with Gasteiger partial charge in [0.25, 0.3) is 0 Å². The summed E-state index contributed by atoms with van der Waals surface area (Å²) in [5.74, 6) is 0. The van der Waals surface area contributed by atoms with E-state index in [4.69, 9.17) is 0 Å². The van der Waals surface area contributed by atoms with E-state index in [-0.39, 0.29) is 0 Å². The number of hydrogen-bond acceptors (Lipinski definition) is 3. The van der Waals surface area contributed by atoms with Crippen LogP contribution in [0.2, 0.25) is 0 Å². The van der Waals surface area contributed by atoms with E-state index in [0.717, 1.165) is 11.6 Å². The first-order valence-corrected chi connectivity index (χ1v) is 7.84. The van der Waals surface area contributed by atoms with Gasteiger partial charge in [0.15, 0.2) is 0 Å². The second-order valence-corrected chi connectivity index (χ2v) is 5.69. The van der Waals surface area contributed by atoms with E-state index in [2.05, 4.69) is 52.9 Å². The topological polar surface area (TPSA) is 30.7 Å². The number of hydrogen-bond donors (Lipinski definition) is 0. The largest absolute Gasteiger partial charge is 0.338 e. The van der Waals surface area contributed by atoms with Crippen LogP contribution in [0.3, 0.4) is 0 Å². The zero-order chi connectivity index (χ0) is 14.1. The smallest absolute Gasteiger partial charge is 0.143 e. The van der Waals surface area contributed by atoms with Crippen LogP contribution in [0.4, 0.5) is 0 Å². The second-order valence-electron chi connectivity index (χ2n) is 4.90. The van der Waals surface area contributed by atoms with Crippen LogP contribution < -0.4 is 0 Å². The van der Waals surface area contributed by atoms with Crippen molar-refractivity contribution in [3.63, 3.8) is 0 Å². The summed E-state index contributed by atoms with van der Waals surface area (Å²) in [5, 5.41) is 10.6. The molecule has 20 heavy (non-hydrogen) atoms. The van der Waals surface area contributed by atoms with Gasteiger partial charge >= 0.3 is 0 Å². The lowest BCUT2D eigenvalue weighted by Crippen LogP contribution is -2.03. The lowest BCUT2D eigenvalue weighted by molar-refractivity contribution is 0.785. The fourth-order valence-corrected chi connectivity index (χ4v) is 3.11. The molecule has 3 aromatic rings. The van der Waals surface area contributed by atoms with Crippen LogP contribution in [0.1, 0.15) is 16.8 Å². The fraction of sp³-hybridized carbons (Fsp3) is 0.250. The van der Waals surface area contributed by atoms with Crippen molar-refractivity contribution in [1.29, 1.82) is 0 Å². The lowest BCUT2D eigenvalue weighted by Gasteiger charge is -2.10. The first-order valence-electron chi connectivity index (χ1n) is 6.61. The average molecular weight is 283 g/mol. The molecule has 0 radical (unpaired) electrons. The third-order valence-electron chi connectivity index (χ3n) is 3.79. The zero-order valence-corrected chi connectivity index (χ0v) is 12.7. The van der Waals surface area contributed by atoms with Gasteiger partial charge in [0.1, 0.15) is 5.03 Å². The van der Waals surface area contributed by atoms with E-state index in [1.165, 1.54) is 27.7 Å². The molecule has 0 aliphatic carbocycles. The molecule has 3 rings (SSSR count). The molecule has 0 aliphatic rings. The highest BCUT2D eigenvalue weighted by atomic mass is 32.2. The van der Waals surface area contributed by atoms with Crippen molar-refractivity contribution in [2.75, 3.05) is 6.26 Å². The van der Waals surface area contributed by atoms with Crippen molar-refractivity contribution in [2.24, 2.45) is 0 Å². The van der Waals surface area contributed by atoms with Crippen molar-refractivity contribution in [1.82, 2.24) is 14.8 Å². The Bertz CT molecular complexity index is 747. The Morgan fingerprint density at radius 1 is 1.15 bits per heavy atom. The molecule has 0 atom stereocenters. The Labute approximate surface area is 123 Å². The maximum absolute atomic E-state index is 4.27. The Kier molecular flexibility index (Phi) is 3.49. The number of aryl methyl sites for hydroxylation is 1. The SMILES string of the molecule is CSc1nncc2c(C)c(C)n(Cc3ccccc3)c12. The summed E-state index contributed by atoms with van der Waals surface area (Å²) in [6.07, 6.45) is 3.92. The number of thioether (sulfide) groups is 1. The summed E-state index contributed by atoms with van der Waals surface area (Å²) in [6.45, 7) is 5.20. The lowest BCUT2D eigenvalue weighted by atomic mass is 10.2. The predicted octanol–water partition coefficient (Wildman–Crippen LogP) is 3.82. The van der Waals surface area contributed by atoms with Crippen LogP contribution >= 0.6 is 11.8 Å². The van der Waals surface area contributed by atoms with Crippen LogP contribution in [0.25, 0.3) is 10.9 Å². The highest BCUT2D eigenvalue weighted by Gasteiger charge is 2.15. The molecule has 0 saturated heterocycles. The van der Waals surface area contributed by atoms with Gasteiger partial charge < -0.3 is 4.57 Å². The van der Waals surface area contributed by atoms with Gasteiger partial charge in [-0.2, -0.15) is 5.10 Å². The van der Waals surface area contributed by atoms with Crippen LogP contribution in [-0.2, 0) is 6.54 Å². The highest BCUT2D eigenvalue weighted by molar-refractivity contribution is 7.98. The molecule has 0 fully saturated rings. The summed E-state index contributed by atoms with van der Waals surface area (Å²) in [7, 11) is 0. The van der Waals surface area contributed by atoms with Gasteiger partial charge in [0.05, 0.1) is 11.7 Å². The first kappa shape index (κ1) is 13.2. The molecular weight excluding hydrogens is 266 g/mol. The second kappa shape index (κ2) is 5.29. The maximum Gasteiger partial charge on any atom is 0.143 e. The number of benzene rings is 1. The molecule has 2 aromatic heterocycles. The molecule has 2 heterocycles. The van der Waals surface area contributed by atoms with Gasteiger partial charge in [-0.05, 0) is 31.2 Å². The van der Waals surface area contributed by atoms with Gasteiger partial charge in [-0.1, -0.05) is 30.3 Å². The minimum atomic E-state index is 0.871. The Morgan fingerprint density at radius 3 is 2.60 bits per heavy atom. The molecule has 0 saturated carbocycles. The predicted molar refractivity (Wildman–Crippen MR) is 84.3 cm³/mol. The molecule has 0 unspecified atom stereocenters. The van der Waals surface area contributed by atoms with Crippen LogP contribution in [0, 0.1) is 13.8 Å². The van der Waals surface area contributed by atoms with Crippen LogP contribution in [-0.4, -0.2) is 21.0 Å². The van der Waals surface area contributed by atoms with Gasteiger partial charge in [-0.15, -0.1) is 16.9 Å². The van der Waals surface area contributed by atoms with Gasteiger partial charge in [0, 0.05) is 17.6 Å². The molecule has 102 valence electrons. The number of nitrogens with zero attached hydrogens (tertiary/aromatic N) is 3. The summed E-state index contributed by atoms with van der Waals surface area (Å²) in [4.78, 5) is 0. The summed E-state index contributed by atoms with van der Waals surface area (Å²) in [6, 6.07) is 10.5. The number of aromatic nitrogens is 3. The molecule has 4 heteroatoms. The molecule has 0 bridgehead atoms. The van der Waals surface area contributed by atoms with Gasteiger partial charge in [-0.25, -0.2) is 0 Å².